The summed E-state index contributed by atoms with van der Waals surface area (Å²) in [6, 6.07) is 14.7. The maximum absolute atomic E-state index is 13.0. The number of likely N-dealkylation sites (tertiary alicyclic amines) is 1. The first-order valence-electron chi connectivity index (χ1n) is 12.7. The Morgan fingerprint density at radius 2 is 1.83 bits per heavy atom. The Morgan fingerprint density at radius 1 is 1.02 bits per heavy atom. The molecule has 4 aromatic rings. The van der Waals surface area contributed by atoms with Gasteiger partial charge >= 0.3 is 5.97 Å². The molecule has 0 bridgehead atoms. The minimum atomic E-state index is -0.999. The molecule has 206 valence electrons. The van der Waals surface area contributed by atoms with E-state index in [0.717, 1.165) is 24.0 Å². The van der Waals surface area contributed by atoms with E-state index in [-0.39, 0.29) is 5.91 Å². The van der Waals surface area contributed by atoms with Crippen LogP contribution in [-0.4, -0.2) is 50.3 Å². The van der Waals surface area contributed by atoms with E-state index in [2.05, 4.69) is 32.2 Å². The van der Waals surface area contributed by atoms with Crippen molar-refractivity contribution in [3.8, 4) is 23.1 Å². The van der Waals surface area contributed by atoms with Crippen LogP contribution < -0.4 is 10.4 Å². The van der Waals surface area contributed by atoms with Crippen LogP contribution in [-0.2, 0) is 4.79 Å². The van der Waals surface area contributed by atoms with Crippen LogP contribution in [0.3, 0.4) is 0 Å². The number of aliphatic carboxylic acids is 1. The number of fused-ring (bicyclic) bond motifs is 1. The Kier molecular flexibility index (Phi) is 8.45. The second-order valence-corrected chi connectivity index (χ2v) is 9.96. The highest BCUT2D eigenvalue weighted by molar-refractivity contribution is 6.32. The Bertz CT molecular complexity index is 1720. The van der Waals surface area contributed by atoms with Crippen LogP contribution in [0.5, 0.6) is 0 Å². The third-order valence-electron chi connectivity index (χ3n) is 6.80. The van der Waals surface area contributed by atoms with Gasteiger partial charge in [-0.1, -0.05) is 35.6 Å². The normalized spacial score (nSPS) is 14.7. The van der Waals surface area contributed by atoms with Crippen LogP contribution in [0.4, 0.5) is 0 Å². The van der Waals surface area contributed by atoms with Crippen molar-refractivity contribution in [2.75, 3.05) is 6.54 Å². The molecule has 1 saturated heterocycles. The van der Waals surface area contributed by atoms with Gasteiger partial charge in [0.25, 0.3) is 11.8 Å². The minimum absolute atomic E-state index is 0.302. The third-order valence-corrected chi connectivity index (χ3v) is 7.21. The Hall–Kier alpha value is -4.49. The molecule has 3 N–H and O–H groups in total. The number of benzene rings is 2. The summed E-state index contributed by atoms with van der Waals surface area (Å²) in [6.07, 6.45) is 5.16. The van der Waals surface area contributed by atoms with E-state index in [1.165, 1.54) is 11.0 Å². The average Bonchev–Trinajstić information content (AvgIpc) is 3.00. The van der Waals surface area contributed by atoms with Gasteiger partial charge in [-0.25, -0.2) is 9.78 Å². The van der Waals surface area contributed by atoms with E-state index in [1.807, 2.05) is 24.3 Å². The molecule has 0 aliphatic carbocycles. The second kappa shape index (κ2) is 12.4. The summed E-state index contributed by atoms with van der Waals surface area (Å²) in [5.74, 6) is 4.32. The standard InChI is InChI=1S/C30H23Cl2N5O4/c31-24-15-21(29(39)37-14-2-1-3-27(37)30(40)41)11-10-19(24)7-4-18-5-8-20(9-6-18)26-16-22(28(38)35-36-32)23-17-33-13-12-25(23)34-26/h5-6,8-13,15-17,27,36H,1-3,14H2,(H,35,38)(H,40,41)/t27-/m0/s1. The highest BCUT2D eigenvalue weighted by atomic mass is 35.5. The number of nitrogens with one attached hydrogen (secondary N) is 2. The average molecular weight is 588 g/mol. The first kappa shape index (κ1) is 28.1. The monoisotopic (exact) mass is 587 g/mol. The van der Waals surface area contributed by atoms with E-state index in [9.17, 15) is 19.5 Å². The molecule has 41 heavy (non-hydrogen) atoms. The number of carbonyl (C=O) groups is 3. The lowest BCUT2D eigenvalue weighted by atomic mass is 10.0. The van der Waals surface area contributed by atoms with Crippen molar-refractivity contribution < 1.29 is 19.5 Å². The van der Waals surface area contributed by atoms with Crippen LogP contribution >= 0.6 is 23.4 Å². The third kappa shape index (κ3) is 6.15. The van der Waals surface area contributed by atoms with E-state index < -0.39 is 17.9 Å². The van der Waals surface area contributed by atoms with Gasteiger partial charge in [-0.2, -0.15) is 0 Å². The lowest BCUT2D eigenvalue weighted by Crippen LogP contribution is -2.47. The number of hydrogen-bond acceptors (Lipinski definition) is 6. The molecule has 0 saturated carbocycles. The fourth-order valence-corrected chi connectivity index (χ4v) is 5.04. The van der Waals surface area contributed by atoms with E-state index in [4.69, 9.17) is 23.4 Å². The fourth-order valence-electron chi connectivity index (χ4n) is 4.73. The molecule has 0 unspecified atom stereocenters. The van der Waals surface area contributed by atoms with Gasteiger partial charge in [-0.3, -0.25) is 20.0 Å². The van der Waals surface area contributed by atoms with Gasteiger partial charge in [0.1, 0.15) is 6.04 Å². The Morgan fingerprint density at radius 3 is 2.56 bits per heavy atom. The predicted molar refractivity (Wildman–Crippen MR) is 155 cm³/mol. The van der Waals surface area contributed by atoms with Crippen molar-refractivity contribution in [2.45, 2.75) is 25.3 Å². The molecule has 1 aliphatic heterocycles. The van der Waals surface area contributed by atoms with E-state index in [1.54, 1.807) is 36.7 Å². The van der Waals surface area contributed by atoms with Crippen LogP contribution in [0.25, 0.3) is 22.2 Å². The predicted octanol–water partition coefficient (Wildman–Crippen LogP) is 4.82. The maximum atomic E-state index is 13.0. The van der Waals surface area contributed by atoms with Crippen molar-refractivity contribution in [3.63, 3.8) is 0 Å². The van der Waals surface area contributed by atoms with Crippen molar-refractivity contribution in [2.24, 2.45) is 0 Å². The molecule has 2 aromatic heterocycles. The second-order valence-electron chi connectivity index (χ2n) is 9.37. The van der Waals surface area contributed by atoms with Gasteiger partial charge in [0, 0.05) is 46.6 Å². The lowest BCUT2D eigenvalue weighted by molar-refractivity contribution is -0.143. The van der Waals surface area contributed by atoms with Gasteiger partial charge in [-0.05, 0) is 73.5 Å². The largest absolute Gasteiger partial charge is 0.480 e. The van der Waals surface area contributed by atoms with Gasteiger partial charge in [0.15, 0.2) is 0 Å². The molecule has 1 aliphatic rings. The molecular weight excluding hydrogens is 565 g/mol. The van der Waals surface area contributed by atoms with Gasteiger partial charge in [0.2, 0.25) is 0 Å². The minimum Gasteiger partial charge on any atom is -0.480 e. The molecule has 1 atom stereocenters. The number of piperidine rings is 1. The van der Waals surface area contributed by atoms with Gasteiger partial charge in [0.05, 0.1) is 21.8 Å². The van der Waals surface area contributed by atoms with Gasteiger partial charge in [-0.15, -0.1) is 4.94 Å². The SMILES string of the molecule is O=C(NNCl)c1cc(-c2ccc(C#Cc3ccc(C(=O)N4CCCC[C@H]4C(=O)O)cc3Cl)cc2)nc2ccncc12. The first-order valence-corrected chi connectivity index (χ1v) is 13.5. The summed E-state index contributed by atoms with van der Waals surface area (Å²) in [5, 5.41) is 10.4. The maximum Gasteiger partial charge on any atom is 0.326 e. The zero-order valence-electron chi connectivity index (χ0n) is 21.5. The van der Waals surface area contributed by atoms with Crippen LogP contribution in [0.1, 0.15) is 51.1 Å². The lowest BCUT2D eigenvalue weighted by Gasteiger charge is -2.33. The zero-order valence-corrected chi connectivity index (χ0v) is 23.0. The van der Waals surface area contributed by atoms with Crippen molar-refractivity contribution >= 4 is 52.1 Å². The topological polar surface area (TPSA) is 125 Å². The fraction of sp³-hybridized carbons (Fsp3) is 0.167. The van der Waals surface area contributed by atoms with Crippen molar-refractivity contribution in [1.82, 2.24) is 25.2 Å². The molecule has 9 nitrogen and oxygen atoms in total. The Balaban J connectivity index is 1.36. The summed E-state index contributed by atoms with van der Waals surface area (Å²) < 4.78 is 0. The molecule has 3 heterocycles. The number of nitrogens with zero attached hydrogens (tertiary/aromatic N) is 3. The number of rotatable bonds is 5. The van der Waals surface area contributed by atoms with E-state index >= 15 is 0 Å². The van der Waals surface area contributed by atoms with Crippen molar-refractivity contribution in [1.29, 1.82) is 0 Å². The Labute approximate surface area is 245 Å². The molecule has 0 radical (unpaired) electrons. The number of pyridine rings is 2. The number of amides is 2. The van der Waals surface area contributed by atoms with Gasteiger partial charge < -0.3 is 10.0 Å². The molecular formula is C30H23Cl2N5O4. The highest BCUT2D eigenvalue weighted by Gasteiger charge is 2.32. The van der Waals surface area contributed by atoms with Crippen molar-refractivity contribution in [3.05, 3.63) is 94.3 Å². The summed E-state index contributed by atoms with van der Waals surface area (Å²) in [7, 11) is 0. The number of carbonyl (C=O) groups excluding carboxylic acids is 2. The number of halogens is 2. The summed E-state index contributed by atoms with van der Waals surface area (Å²) in [6.45, 7) is 0.399. The van der Waals surface area contributed by atoms with E-state index in [0.29, 0.717) is 51.3 Å². The molecule has 11 heteroatoms. The first-order chi connectivity index (χ1) is 19.9. The molecule has 2 amide bonds. The molecule has 5 rings (SSSR count). The summed E-state index contributed by atoms with van der Waals surface area (Å²) in [5.41, 5.74) is 6.28. The number of hydrazine groups is 1. The molecule has 2 aromatic carbocycles. The molecule has 0 spiro atoms. The number of aromatic nitrogens is 2. The van der Waals surface area contributed by atoms with Crippen LogP contribution in [0.15, 0.2) is 67.0 Å². The van der Waals surface area contributed by atoms with Crippen LogP contribution in [0.2, 0.25) is 5.02 Å². The number of carboxylic acids is 1. The zero-order chi connectivity index (χ0) is 28.9. The molecule has 1 fully saturated rings. The van der Waals surface area contributed by atoms with Crippen LogP contribution in [0, 0.1) is 11.8 Å². The number of carboxylic acid groups (broad SMARTS) is 1. The number of hydrogen-bond donors (Lipinski definition) is 3. The summed E-state index contributed by atoms with van der Waals surface area (Å²) in [4.78, 5) is 49.4. The summed E-state index contributed by atoms with van der Waals surface area (Å²) >= 11 is 11.9. The quantitative estimate of drug-likeness (QED) is 0.174. The smallest absolute Gasteiger partial charge is 0.326 e. The highest BCUT2D eigenvalue weighted by Crippen LogP contribution is 2.26.